The quantitative estimate of drug-likeness (QED) is 0.870. The highest BCUT2D eigenvalue weighted by atomic mass is 19.1. The van der Waals surface area contributed by atoms with E-state index in [0.717, 1.165) is 0 Å². The number of halogens is 1. The lowest BCUT2D eigenvalue weighted by atomic mass is 10.0. The molecule has 6 nitrogen and oxygen atoms in total. The van der Waals surface area contributed by atoms with E-state index in [-0.39, 0.29) is 6.42 Å². The molecular weight excluding hydrogens is 329 g/mol. The maximum atomic E-state index is 13.1. The maximum absolute atomic E-state index is 13.1. The predicted octanol–water partition coefficient (Wildman–Crippen LogP) is 2.54. The van der Waals surface area contributed by atoms with E-state index in [2.05, 4.69) is 5.32 Å². The standard InChI is InChI=1S/C18H16FNO5/c19-13-4-1-11(2-5-13)14(10-17(21)22)20-18(23)12-3-6-15-16(9-12)25-8-7-24-15/h1-6,9,14H,7-8,10H2,(H,20,23)(H,21,22). The van der Waals surface area contributed by atoms with Gasteiger partial charge in [0, 0.05) is 5.56 Å². The van der Waals surface area contributed by atoms with Gasteiger partial charge in [-0.1, -0.05) is 12.1 Å². The lowest BCUT2D eigenvalue weighted by molar-refractivity contribution is -0.137. The Morgan fingerprint density at radius 2 is 1.76 bits per heavy atom. The highest BCUT2D eigenvalue weighted by Gasteiger charge is 2.21. The first-order chi connectivity index (χ1) is 12.0. The molecular formula is C18H16FNO5. The normalized spacial score (nSPS) is 13.8. The molecule has 0 saturated heterocycles. The number of hydrogen-bond donors (Lipinski definition) is 2. The number of hydrogen-bond acceptors (Lipinski definition) is 4. The number of carboxylic acid groups (broad SMARTS) is 1. The molecule has 130 valence electrons. The molecule has 7 heteroatoms. The van der Waals surface area contributed by atoms with Crippen molar-refractivity contribution < 1.29 is 28.6 Å². The van der Waals surface area contributed by atoms with Gasteiger partial charge in [-0.2, -0.15) is 0 Å². The summed E-state index contributed by atoms with van der Waals surface area (Å²) in [7, 11) is 0. The molecule has 0 aliphatic carbocycles. The Labute approximate surface area is 143 Å². The fraction of sp³-hybridized carbons (Fsp3) is 0.222. The zero-order chi connectivity index (χ0) is 17.8. The minimum Gasteiger partial charge on any atom is -0.486 e. The number of carbonyl (C=O) groups excluding carboxylic acids is 1. The first kappa shape index (κ1) is 16.8. The number of ether oxygens (including phenoxy) is 2. The van der Waals surface area contributed by atoms with Crippen molar-refractivity contribution >= 4 is 11.9 Å². The molecule has 1 unspecified atom stereocenters. The van der Waals surface area contributed by atoms with Crippen LogP contribution in [-0.4, -0.2) is 30.2 Å². The number of rotatable bonds is 5. The Morgan fingerprint density at radius 1 is 1.08 bits per heavy atom. The molecule has 2 N–H and O–H groups in total. The summed E-state index contributed by atoms with van der Waals surface area (Å²) in [6, 6.07) is 9.32. The molecule has 0 bridgehead atoms. The second kappa shape index (κ2) is 7.21. The molecule has 1 atom stereocenters. The van der Waals surface area contributed by atoms with Crippen molar-refractivity contribution in [3.05, 3.63) is 59.4 Å². The second-order valence-electron chi connectivity index (χ2n) is 5.53. The third kappa shape index (κ3) is 4.06. The molecule has 1 heterocycles. The molecule has 25 heavy (non-hydrogen) atoms. The summed E-state index contributed by atoms with van der Waals surface area (Å²) in [6.07, 6.45) is -0.318. The lowest BCUT2D eigenvalue weighted by Gasteiger charge is -2.20. The average Bonchev–Trinajstić information content (AvgIpc) is 2.61. The topological polar surface area (TPSA) is 84.9 Å². The minimum atomic E-state index is -1.07. The zero-order valence-corrected chi connectivity index (χ0v) is 13.2. The molecule has 1 amide bonds. The van der Waals surface area contributed by atoms with Gasteiger partial charge in [0.25, 0.3) is 5.91 Å². The van der Waals surface area contributed by atoms with Gasteiger partial charge < -0.3 is 19.9 Å². The van der Waals surface area contributed by atoms with Crippen LogP contribution < -0.4 is 14.8 Å². The van der Waals surface area contributed by atoms with Crippen molar-refractivity contribution in [3.63, 3.8) is 0 Å². The van der Waals surface area contributed by atoms with Crippen LogP contribution in [0, 0.1) is 5.82 Å². The van der Waals surface area contributed by atoms with Crippen molar-refractivity contribution in [2.24, 2.45) is 0 Å². The first-order valence-electron chi connectivity index (χ1n) is 7.70. The van der Waals surface area contributed by atoms with Crippen LogP contribution in [0.3, 0.4) is 0 Å². The first-order valence-corrected chi connectivity index (χ1v) is 7.70. The van der Waals surface area contributed by atoms with Crippen LogP contribution in [-0.2, 0) is 4.79 Å². The largest absolute Gasteiger partial charge is 0.486 e. The number of aliphatic carboxylic acids is 1. The maximum Gasteiger partial charge on any atom is 0.305 e. The van der Waals surface area contributed by atoms with E-state index < -0.39 is 23.7 Å². The number of fused-ring (bicyclic) bond motifs is 1. The average molecular weight is 345 g/mol. The number of amides is 1. The second-order valence-corrected chi connectivity index (χ2v) is 5.53. The minimum absolute atomic E-state index is 0.318. The van der Waals surface area contributed by atoms with Crippen LogP contribution in [0.4, 0.5) is 4.39 Å². The summed E-state index contributed by atoms with van der Waals surface area (Å²) < 4.78 is 23.9. The molecule has 0 radical (unpaired) electrons. The van der Waals surface area contributed by atoms with Crippen LogP contribution in [0.15, 0.2) is 42.5 Å². The molecule has 0 saturated carbocycles. The summed E-state index contributed by atoms with van der Waals surface area (Å²) >= 11 is 0. The zero-order valence-electron chi connectivity index (χ0n) is 13.2. The van der Waals surface area contributed by atoms with E-state index >= 15 is 0 Å². The Kier molecular flexibility index (Phi) is 4.83. The van der Waals surface area contributed by atoms with Gasteiger partial charge in [-0.3, -0.25) is 9.59 Å². The highest BCUT2D eigenvalue weighted by Crippen LogP contribution is 2.31. The van der Waals surface area contributed by atoms with Gasteiger partial charge in [-0.05, 0) is 35.9 Å². The van der Waals surface area contributed by atoms with Crippen LogP contribution in [0.5, 0.6) is 11.5 Å². The third-order valence-corrected chi connectivity index (χ3v) is 3.76. The van der Waals surface area contributed by atoms with Crippen molar-refractivity contribution in [1.82, 2.24) is 5.32 Å². The number of carbonyl (C=O) groups is 2. The van der Waals surface area contributed by atoms with Crippen molar-refractivity contribution in [2.45, 2.75) is 12.5 Å². The molecule has 0 aromatic heterocycles. The smallest absolute Gasteiger partial charge is 0.305 e. The van der Waals surface area contributed by atoms with E-state index in [1.165, 1.54) is 24.3 Å². The molecule has 1 aliphatic heterocycles. The monoisotopic (exact) mass is 345 g/mol. The summed E-state index contributed by atoms with van der Waals surface area (Å²) in [4.78, 5) is 23.6. The van der Waals surface area contributed by atoms with Crippen LogP contribution in [0.25, 0.3) is 0 Å². The van der Waals surface area contributed by atoms with E-state index in [4.69, 9.17) is 14.6 Å². The predicted molar refractivity (Wildman–Crippen MR) is 86.3 cm³/mol. The summed E-state index contributed by atoms with van der Waals surface area (Å²) in [5.41, 5.74) is 0.830. The van der Waals surface area contributed by atoms with Crippen LogP contribution >= 0.6 is 0 Å². The SMILES string of the molecule is O=C(O)CC(NC(=O)c1ccc2c(c1)OCCO2)c1ccc(F)cc1. The highest BCUT2D eigenvalue weighted by molar-refractivity contribution is 5.95. The lowest BCUT2D eigenvalue weighted by Crippen LogP contribution is -2.30. The molecule has 2 aromatic rings. The number of benzene rings is 2. The van der Waals surface area contributed by atoms with Crippen LogP contribution in [0.1, 0.15) is 28.4 Å². The van der Waals surface area contributed by atoms with Gasteiger partial charge in [-0.25, -0.2) is 4.39 Å². The number of nitrogens with one attached hydrogen (secondary N) is 1. The molecule has 1 aliphatic rings. The van der Waals surface area contributed by atoms with Crippen molar-refractivity contribution in [1.29, 1.82) is 0 Å². The van der Waals surface area contributed by atoms with E-state index in [1.807, 2.05) is 0 Å². The van der Waals surface area contributed by atoms with Gasteiger partial charge in [0.2, 0.25) is 0 Å². The van der Waals surface area contributed by atoms with Gasteiger partial charge in [-0.15, -0.1) is 0 Å². The Bertz CT molecular complexity index is 791. The molecule has 0 fully saturated rings. The molecule has 3 rings (SSSR count). The van der Waals surface area contributed by atoms with Crippen molar-refractivity contribution in [2.75, 3.05) is 13.2 Å². The van der Waals surface area contributed by atoms with Gasteiger partial charge in [0.1, 0.15) is 19.0 Å². The fourth-order valence-corrected chi connectivity index (χ4v) is 2.55. The summed E-state index contributed by atoms with van der Waals surface area (Å²) in [6.45, 7) is 0.846. The number of carboxylic acids is 1. The van der Waals surface area contributed by atoms with E-state index in [1.54, 1.807) is 18.2 Å². The summed E-state index contributed by atoms with van der Waals surface area (Å²) in [5, 5.41) is 11.7. The molecule has 2 aromatic carbocycles. The Morgan fingerprint density at radius 3 is 2.44 bits per heavy atom. The van der Waals surface area contributed by atoms with E-state index in [0.29, 0.717) is 35.8 Å². The Hall–Kier alpha value is -3.09. The fourth-order valence-electron chi connectivity index (χ4n) is 2.55. The van der Waals surface area contributed by atoms with Gasteiger partial charge in [0.15, 0.2) is 11.5 Å². The Balaban J connectivity index is 1.80. The molecule has 0 spiro atoms. The van der Waals surface area contributed by atoms with E-state index in [9.17, 15) is 14.0 Å². The summed E-state index contributed by atoms with van der Waals surface area (Å²) in [5.74, 6) is -0.931. The third-order valence-electron chi connectivity index (χ3n) is 3.76. The van der Waals surface area contributed by atoms with Crippen LogP contribution in [0.2, 0.25) is 0 Å². The van der Waals surface area contributed by atoms with Gasteiger partial charge in [0.05, 0.1) is 12.5 Å². The van der Waals surface area contributed by atoms with Crippen molar-refractivity contribution in [3.8, 4) is 11.5 Å². The van der Waals surface area contributed by atoms with Gasteiger partial charge >= 0.3 is 5.97 Å².